The molecule has 1 aromatic carbocycles. The SMILES string of the molecule is Cc1ccc(S(=O)(=O)N2CCC[C@H]2C(=O)OC(C)(C)C)c(N2CC[C@@H](CCCO)C2)c1. The van der Waals surface area contributed by atoms with Crippen LogP contribution in [0.3, 0.4) is 0 Å². The lowest BCUT2D eigenvalue weighted by molar-refractivity contribution is -0.158. The highest BCUT2D eigenvalue weighted by Gasteiger charge is 2.43. The number of rotatable bonds is 7. The van der Waals surface area contributed by atoms with Gasteiger partial charge in [-0.3, -0.25) is 4.79 Å². The molecule has 0 saturated carbocycles. The molecule has 0 aromatic heterocycles. The van der Waals surface area contributed by atoms with Gasteiger partial charge in [0.05, 0.1) is 5.69 Å². The van der Waals surface area contributed by atoms with Gasteiger partial charge in [0.1, 0.15) is 16.5 Å². The van der Waals surface area contributed by atoms with Crippen LogP contribution >= 0.6 is 0 Å². The Morgan fingerprint density at radius 1 is 1.23 bits per heavy atom. The van der Waals surface area contributed by atoms with Crippen molar-refractivity contribution >= 4 is 21.7 Å². The summed E-state index contributed by atoms with van der Waals surface area (Å²) in [5.41, 5.74) is 1.04. The molecule has 0 unspecified atom stereocenters. The molecule has 7 nitrogen and oxygen atoms in total. The van der Waals surface area contributed by atoms with E-state index in [0.29, 0.717) is 31.0 Å². The number of aryl methyl sites for hydroxylation is 1. The second-order valence-corrected chi connectivity index (χ2v) is 11.6. The van der Waals surface area contributed by atoms with Gasteiger partial charge in [-0.2, -0.15) is 4.31 Å². The van der Waals surface area contributed by atoms with E-state index in [1.165, 1.54) is 4.31 Å². The summed E-state index contributed by atoms with van der Waals surface area (Å²) in [7, 11) is -3.86. The van der Waals surface area contributed by atoms with Crippen molar-refractivity contribution in [3.63, 3.8) is 0 Å². The molecule has 2 aliphatic heterocycles. The number of nitrogens with zero attached hydrogens (tertiary/aromatic N) is 2. The highest BCUT2D eigenvalue weighted by atomic mass is 32.2. The molecule has 0 radical (unpaired) electrons. The van der Waals surface area contributed by atoms with Crippen LogP contribution in [0.15, 0.2) is 23.1 Å². The van der Waals surface area contributed by atoms with E-state index in [4.69, 9.17) is 9.84 Å². The van der Waals surface area contributed by atoms with Crippen LogP contribution in [0.25, 0.3) is 0 Å². The summed E-state index contributed by atoms with van der Waals surface area (Å²) >= 11 is 0. The predicted octanol–water partition coefficient (Wildman–Crippen LogP) is 3.09. The number of benzene rings is 1. The van der Waals surface area contributed by atoms with Crippen LogP contribution in [0.4, 0.5) is 5.69 Å². The number of aliphatic hydroxyl groups excluding tert-OH is 1. The van der Waals surface area contributed by atoms with Crippen molar-refractivity contribution in [2.75, 3.05) is 31.1 Å². The van der Waals surface area contributed by atoms with Crippen molar-refractivity contribution in [1.29, 1.82) is 0 Å². The van der Waals surface area contributed by atoms with Gasteiger partial charge >= 0.3 is 5.97 Å². The Morgan fingerprint density at radius 3 is 2.65 bits per heavy atom. The van der Waals surface area contributed by atoms with Crippen LogP contribution in [0.2, 0.25) is 0 Å². The Bertz CT molecular complexity index is 894. The van der Waals surface area contributed by atoms with E-state index in [1.807, 2.05) is 19.1 Å². The van der Waals surface area contributed by atoms with E-state index in [0.717, 1.165) is 37.9 Å². The zero-order valence-electron chi connectivity index (χ0n) is 19.1. The lowest BCUT2D eigenvalue weighted by atomic mass is 10.0. The summed E-state index contributed by atoms with van der Waals surface area (Å²) in [6, 6.07) is 4.63. The third-order valence-corrected chi connectivity index (χ3v) is 7.94. The molecule has 174 valence electrons. The Kier molecular flexibility index (Phi) is 7.33. The van der Waals surface area contributed by atoms with Gasteiger partial charge in [0.25, 0.3) is 0 Å². The maximum Gasteiger partial charge on any atom is 0.324 e. The van der Waals surface area contributed by atoms with Crippen LogP contribution < -0.4 is 4.90 Å². The van der Waals surface area contributed by atoms with Gasteiger partial charge in [0.15, 0.2) is 0 Å². The molecule has 0 amide bonds. The van der Waals surface area contributed by atoms with Crippen molar-refractivity contribution in [3.05, 3.63) is 23.8 Å². The van der Waals surface area contributed by atoms with Gasteiger partial charge in [0.2, 0.25) is 10.0 Å². The molecule has 3 rings (SSSR count). The first kappa shape index (κ1) is 24.0. The molecule has 8 heteroatoms. The van der Waals surface area contributed by atoms with Gasteiger partial charge in [-0.1, -0.05) is 6.07 Å². The van der Waals surface area contributed by atoms with Gasteiger partial charge in [-0.05, 0) is 83.4 Å². The maximum absolute atomic E-state index is 13.7. The molecule has 31 heavy (non-hydrogen) atoms. The van der Waals surface area contributed by atoms with Crippen molar-refractivity contribution < 1.29 is 23.1 Å². The maximum atomic E-state index is 13.7. The standard InChI is InChI=1S/C23H36N2O5S/c1-17-9-10-21(20(15-17)24-13-11-18(16-24)7-6-14-26)31(28,29)25-12-5-8-19(25)22(27)30-23(2,3)4/h9-10,15,18-19,26H,5-8,11-14,16H2,1-4H3/t18-,19+/m1/s1. The van der Waals surface area contributed by atoms with Gasteiger partial charge in [-0.25, -0.2) is 8.42 Å². The molecule has 0 aliphatic carbocycles. The lowest BCUT2D eigenvalue weighted by Crippen LogP contribution is -2.43. The molecule has 2 fully saturated rings. The summed E-state index contributed by atoms with van der Waals surface area (Å²) in [5.74, 6) is -0.0306. The number of aliphatic hydroxyl groups is 1. The molecule has 1 N–H and O–H groups in total. The Labute approximate surface area is 186 Å². The van der Waals surface area contributed by atoms with Crippen molar-refractivity contribution in [1.82, 2.24) is 4.31 Å². The van der Waals surface area contributed by atoms with E-state index in [1.54, 1.807) is 26.8 Å². The fraction of sp³-hybridized carbons (Fsp3) is 0.696. The first-order chi connectivity index (χ1) is 14.5. The number of anilines is 1. The van der Waals surface area contributed by atoms with Crippen LogP contribution in [-0.4, -0.2) is 61.7 Å². The van der Waals surface area contributed by atoms with E-state index in [2.05, 4.69) is 4.90 Å². The molecule has 2 aliphatic rings. The first-order valence-corrected chi connectivity index (χ1v) is 12.7. The molecule has 1 aromatic rings. The zero-order valence-corrected chi connectivity index (χ0v) is 20.0. The predicted molar refractivity (Wildman–Crippen MR) is 121 cm³/mol. The average molecular weight is 453 g/mol. The van der Waals surface area contributed by atoms with Crippen LogP contribution in [0.1, 0.15) is 58.4 Å². The fourth-order valence-electron chi connectivity index (χ4n) is 4.52. The Balaban J connectivity index is 1.88. The molecule has 2 heterocycles. The number of carbonyl (C=O) groups is 1. The number of hydrogen-bond donors (Lipinski definition) is 1. The van der Waals surface area contributed by atoms with Crippen molar-refractivity contribution in [3.8, 4) is 0 Å². The number of hydrogen-bond acceptors (Lipinski definition) is 6. The van der Waals surface area contributed by atoms with Gasteiger partial charge in [0, 0.05) is 26.2 Å². The highest BCUT2D eigenvalue weighted by molar-refractivity contribution is 7.89. The zero-order chi connectivity index (χ0) is 22.8. The third-order valence-electron chi connectivity index (χ3n) is 5.98. The summed E-state index contributed by atoms with van der Waals surface area (Å²) in [6.07, 6.45) is 3.80. The van der Waals surface area contributed by atoms with E-state index in [-0.39, 0.29) is 11.5 Å². The Hall–Kier alpha value is -1.64. The quantitative estimate of drug-likeness (QED) is 0.640. The van der Waals surface area contributed by atoms with Crippen LogP contribution in [0, 0.1) is 12.8 Å². The molecular formula is C23H36N2O5S. The minimum absolute atomic E-state index is 0.182. The smallest absolute Gasteiger partial charge is 0.324 e. The summed E-state index contributed by atoms with van der Waals surface area (Å²) in [4.78, 5) is 15.1. The van der Waals surface area contributed by atoms with Crippen LogP contribution in [-0.2, 0) is 19.6 Å². The average Bonchev–Trinajstić information content (AvgIpc) is 3.34. The van der Waals surface area contributed by atoms with E-state index in [9.17, 15) is 13.2 Å². The molecule has 0 bridgehead atoms. The molecule has 0 spiro atoms. The minimum Gasteiger partial charge on any atom is -0.459 e. The van der Waals surface area contributed by atoms with Gasteiger partial charge < -0.3 is 14.7 Å². The number of ether oxygens (including phenoxy) is 1. The Morgan fingerprint density at radius 2 is 1.97 bits per heavy atom. The van der Waals surface area contributed by atoms with E-state index >= 15 is 0 Å². The first-order valence-electron chi connectivity index (χ1n) is 11.2. The second-order valence-electron chi connectivity index (χ2n) is 9.74. The highest BCUT2D eigenvalue weighted by Crippen LogP contribution is 2.36. The third kappa shape index (κ3) is 5.59. The monoisotopic (exact) mass is 452 g/mol. The van der Waals surface area contributed by atoms with Crippen molar-refractivity contribution in [2.24, 2.45) is 5.92 Å². The summed E-state index contributed by atoms with van der Waals surface area (Å²) < 4.78 is 34.3. The van der Waals surface area contributed by atoms with E-state index < -0.39 is 27.6 Å². The second kappa shape index (κ2) is 9.46. The minimum atomic E-state index is -3.86. The number of esters is 1. The normalized spacial score (nSPS) is 22.8. The summed E-state index contributed by atoms with van der Waals surface area (Å²) in [6.45, 7) is 9.39. The van der Waals surface area contributed by atoms with Gasteiger partial charge in [-0.15, -0.1) is 0 Å². The van der Waals surface area contributed by atoms with Crippen LogP contribution in [0.5, 0.6) is 0 Å². The largest absolute Gasteiger partial charge is 0.459 e. The lowest BCUT2D eigenvalue weighted by Gasteiger charge is -2.29. The molecular weight excluding hydrogens is 416 g/mol. The molecule has 2 saturated heterocycles. The number of carbonyl (C=O) groups excluding carboxylic acids is 1. The topological polar surface area (TPSA) is 87.2 Å². The summed E-state index contributed by atoms with van der Waals surface area (Å²) in [5, 5.41) is 9.12. The molecule has 2 atom stereocenters. The van der Waals surface area contributed by atoms with Crippen molar-refractivity contribution in [2.45, 2.75) is 76.3 Å². The fourth-order valence-corrected chi connectivity index (χ4v) is 6.36. The number of sulfonamides is 1.